The van der Waals surface area contributed by atoms with E-state index in [2.05, 4.69) is 6.07 Å². The van der Waals surface area contributed by atoms with E-state index in [-0.39, 0.29) is 23.4 Å². The van der Waals surface area contributed by atoms with Crippen LogP contribution in [0.4, 0.5) is 9.18 Å². The van der Waals surface area contributed by atoms with Gasteiger partial charge in [-0.05, 0) is 63.8 Å². The van der Waals surface area contributed by atoms with Gasteiger partial charge in [-0.1, -0.05) is 0 Å². The van der Waals surface area contributed by atoms with Gasteiger partial charge < -0.3 is 14.4 Å². The van der Waals surface area contributed by atoms with Crippen molar-refractivity contribution in [3.05, 3.63) is 35.1 Å². The van der Waals surface area contributed by atoms with Crippen molar-refractivity contribution in [2.45, 2.75) is 57.2 Å². The van der Waals surface area contributed by atoms with Crippen LogP contribution in [-0.4, -0.2) is 41.9 Å². The number of carbonyl (C=O) groups excluding carboxylic acids is 1. The number of piperidine rings is 1. The van der Waals surface area contributed by atoms with Gasteiger partial charge in [0.1, 0.15) is 11.4 Å². The minimum atomic E-state index is -0.509. The Morgan fingerprint density at radius 3 is 2.69 bits per heavy atom. The largest absolute Gasteiger partial charge is 0.444 e. The normalized spacial score (nSPS) is 22.3. The number of benzene rings is 1. The van der Waals surface area contributed by atoms with Crippen molar-refractivity contribution in [3.8, 4) is 6.07 Å². The van der Waals surface area contributed by atoms with Crippen LogP contribution in [0, 0.1) is 17.1 Å². The van der Waals surface area contributed by atoms with Gasteiger partial charge in [0.15, 0.2) is 0 Å². The smallest absolute Gasteiger partial charge is 0.410 e. The molecule has 2 heterocycles. The molecule has 0 saturated carbocycles. The van der Waals surface area contributed by atoms with E-state index in [1.807, 2.05) is 20.8 Å². The molecule has 1 spiro atoms. The summed E-state index contributed by atoms with van der Waals surface area (Å²) in [5.74, 6) is -0.350. The molecular formula is C20H25FN2O3. The van der Waals surface area contributed by atoms with Gasteiger partial charge in [-0.25, -0.2) is 9.18 Å². The number of ether oxygens (including phenoxy) is 2. The fraction of sp³-hybridized carbons (Fsp3) is 0.600. The lowest BCUT2D eigenvalue weighted by Crippen LogP contribution is -2.47. The number of hydrogen-bond acceptors (Lipinski definition) is 4. The van der Waals surface area contributed by atoms with Crippen molar-refractivity contribution in [1.82, 2.24) is 4.90 Å². The average molecular weight is 360 g/mol. The third-order valence-corrected chi connectivity index (χ3v) is 5.10. The van der Waals surface area contributed by atoms with Gasteiger partial charge in [0.05, 0.1) is 23.8 Å². The zero-order chi connectivity index (χ0) is 18.9. The van der Waals surface area contributed by atoms with E-state index >= 15 is 0 Å². The summed E-state index contributed by atoms with van der Waals surface area (Å²) >= 11 is 0. The SMILES string of the molecule is CC(C)(C)OC(=O)N1CCC2(CC1)CC(c1cc(C#N)ccc1F)CO2. The number of amides is 1. The number of carbonyl (C=O) groups is 1. The molecule has 1 amide bonds. The van der Waals surface area contributed by atoms with Crippen molar-refractivity contribution >= 4 is 6.09 Å². The van der Waals surface area contributed by atoms with Gasteiger partial charge in [0, 0.05) is 19.0 Å². The second-order valence-electron chi connectivity index (χ2n) is 8.21. The molecule has 6 heteroatoms. The second kappa shape index (κ2) is 6.88. The first-order valence-corrected chi connectivity index (χ1v) is 9.03. The maximum absolute atomic E-state index is 14.2. The first kappa shape index (κ1) is 18.7. The molecule has 0 radical (unpaired) electrons. The number of rotatable bonds is 1. The van der Waals surface area contributed by atoms with Gasteiger partial charge in [-0.2, -0.15) is 5.26 Å². The van der Waals surface area contributed by atoms with E-state index in [4.69, 9.17) is 14.7 Å². The Bertz CT molecular complexity index is 728. The lowest BCUT2D eigenvalue weighted by atomic mass is 9.83. The first-order chi connectivity index (χ1) is 12.2. The van der Waals surface area contributed by atoms with E-state index in [0.717, 1.165) is 0 Å². The van der Waals surface area contributed by atoms with Crippen LogP contribution in [0.15, 0.2) is 18.2 Å². The maximum Gasteiger partial charge on any atom is 0.410 e. The monoisotopic (exact) mass is 360 g/mol. The summed E-state index contributed by atoms with van der Waals surface area (Å²) in [4.78, 5) is 13.9. The summed E-state index contributed by atoms with van der Waals surface area (Å²) in [6, 6.07) is 6.52. The van der Waals surface area contributed by atoms with Gasteiger partial charge in [-0.15, -0.1) is 0 Å². The van der Waals surface area contributed by atoms with E-state index in [9.17, 15) is 9.18 Å². The van der Waals surface area contributed by atoms with Crippen molar-refractivity contribution in [2.24, 2.45) is 0 Å². The molecule has 0 bridgehead atoms. The molecule has 26 heavy (non-hydrogen) atoms. The highest BCUT2D eigenvalue weighted by molar-refractivity contribution is 5.68. The molecule has 1 aromatic rings. The Morgan fingerprint density at radius 2 is 2.08 bits per heavy atom. The Balaban J connectivity index is 1.63. The predicted octanol–water partition coefficient (Wildman–Crippen LogP) is 3.97. The van der Waals surface area contributed by atoms with Crippen LogP contribution in [0.25, 0.3) is 0 Å². The molecule has 2 fully saturated rings. The molecule has 5 nitrogen and oxygen atoms in total. The molecule has 1 aromatic carbocycles. The lowest BCUT2D eigenvalue weighted by molar-refractivity contribution is -0.0485. The fourth-order valence-electron chi connectivity index (χ4n) is 3.74. The Morgan fingerprint density at radius 1 is 1.38 bits per heavy atom. The summed E-state index contributed by atoms with van der Waals surface area (Å²) in [5.41, 5.74) is 0.181. The first-order valence-electron chi connectivity index (χ1n) is 9.03. The van der Waals surface area contributed by atoms with Crippen molar-refractivity contribution in [3.63, 3.8) is 0 Å². The summed E-state index contributed by atoms with van der Waals surface area (Å²) in [7, 11) is 0. The molecule has 0 N–H and O–H groups in total. The van der Waals surface area contributed by atoms with E-state index in [1.54, 1.807) is 11.0 Å². The van der Waals surface area contributed by atoms with Crippen LogP contribution in [0.5, 0.6) is 0 Å². The molecule has 0 aromatic heterocycles. The molecule has 2 aliphatic heterocycles. The number of halogens is 1. The van der Waals surface area contributed by atoms with Gasteiger partial charge in [0.2, 0.25) is 0 Å². The molecule has 0 aliphatic carbocycles. The van der Waals surface area contributed by atoms with Crippen LogP contribution in [-0.2, 0) is 9.47 Å². The molecule has 2 saturated heterocycles. The van der Waals surface area contributed by atoms with Gasteiger partial charge in [0.25, 0.3) is 0 Å². The van der Waals surface area contributed by atoms with Gasteiger partial charge in [-0.3, -0.25) is 0 Å². The zero-order valence-electron chi connectivity index (χ0n) is 15.5. The third-order valence-electron chi connectivity index (χ3n) is 5.10. The predicted molar refractivity (Wildman–Crippen MR) is 94.2 cm³/mol. The molecule has 1 unspecified atom stereocenters. The van der Waals surface area contributed by atoms with Crippen LogP contribution < -0.4 is 0 Å². The third kappa shape index (κ3) is 3.99. The standard InChI is InChI=1S/C20H25FN2O3/c1-19(2,3)26-18(24)23-8-6-20(7-9-23)11-15(13-25-20)16-10-14(12-22)4-5-17(16)21/h4-5,10,15H,6-9,11,13H2,1-3H3. The number of nitriles is 1. The van der Waals surface area contributed by atoms with Crippen LogP contribution in [0.1, 0.15) is 57.1 Å². The van der Waals surface area contributed by atoms with E-state index in [0.29, 0.717) is 50.1 Å². The fourth-order valence-corrected chi connectivity index (χ4v) is 3.74. The molecule has 1 atom stereocenters. The highest BCUT2D eigenvalue weighted by Gasteiger charge is 2.44. The summed E-state index contributed by atoms with van der Waals surface area (Å²) < 4.78 is 25.7. The lowest BCUT2D eigenvalue weighted by Gasteiger charge is -2.39. The quantitative estimate of drug-likeness (QED) is 0.760. The van der Waals surface area contributed by atoms with Gasteiger partial charge >= 0.3 is 6.09 Å². The van der Waals surface area contributed by atoms with Crippen molar-refractivity contribution < 1.29 is 18.7 Å². The Kier molecular flexibility index (Phi) is 4.94. The van der Waals surface area contributed by atoms with Crippen LogP contribution >= 0.6 is 0 Å². The summed E-state index contributed by atoms with van der Waals surface area (Å²) in [6.07, 6.45) is 1.83. The highest BCUT2D eigenvalue weighted by Crippen LogP contribution is 2.43. The average Bonchev–Trinajstić information content (AvgIpc) is 2.98. The molecule has 140 valence electrons. The Labute approximate surface area is 153 Å². The molecular weight excluding hydrogens is 335 g/mol. The number of hydrogen-bond donors (Lipinski definition) is 0. The van der Waals surface area contributed by atoms with E-state index in [1.165, 1.54) is 12.1 Å². The van der Waals surface area contributed by atoms with Crippen molar-refractivity contribution in [1.29, 1.82) is 5.26 Å². The second-order valence-corrected chi connectivity index (χ2v) is 8.21. The van der Waals surface area contributed by atoms with E-state index < -0.39 is 5.60 Å². The topological polar surface area (TPSA) is 62.6 Å². The highest BCUT2D eigenvalue weighted by atomic mass is 19.1. The van der Waals surface area contributed by atoms with Crippen LogP contribution in [0.3, 0.4) is 0 Å². The minimum absolute atomic E-state index is 0.0589. The number of likely N-dealkylation sites (tertiary alicyclic amines) is 1. The maximum atomic E-state index is 14.2. The zero-order valence-corrected chi connectivity index (χ0v) is 15.5. The Hall–Kier alpha value is -2.13. The number of nitrogens with zero attached hydrogens (tertiary/aromatic N) is 2. The minimum Gasteiger partial charge on any atom is -0.444 e. The summed E-state index contributed by atoms with van der Waals surface area (Å²) in [5, 5.41) is 9.05. The molecule has 3 rings (SSSR count). The van der Waals surface area contributed by atoms with Crippen LogP contribution in [0.2, 0.25) is 0 Å². The molecule has 2 aliphatic rings. The van der Waals surface area contributed by atoms with Crippen molar-refractivity contribution in [2.75, 3.05) is 19.7 Å². The summed E-state index contributed by atoms with van der Waals surface area (Å²) in [6.45, 7) is 7.14.